The number of aliphatic carboxylic acids is 1. The lowest BCUT2D eigenvalue weighted by atomic mass is 10.3. The van der Waals surface area contributed by atoms with Crippen molar-refractivity contribution in [1.82, 2.24) is 4.31 Å². The highest BCUT2D eigenvalue weighted by atomic mass is 32.2. The maximum absolute atomic E-state index is 12.2. The Morgan fingerprint density at radius 2 is 1.79 bits per heavy atom. The number of sulfonamides is 1. The number of carbonyl (C=O) groups excluding carboxylic acids is 1. The van der Waals surface area contributed by atoms with Crippen LogP contribution in [0.2, 0.25) is 0 Å². The van der Waals surface area contributed by atoms with Gasteiger partial charge in [0.05, 0.1) is 10.9 Å². The maximum Gasteiger partial charge on any atom is 0.243 e. The molecule has 0 amide bonds. The minimum absolute atomic E-state index is 0.190. The molecule has 1 aliphatic rings. The Labute approximate surface area is 111 Å². The molecule has 7 heteroatoms. The zero-order chi connectivity index (χ0) is 13.9. The molecule has 0 aromatic heterocycles. The average Bonchev–Trinajstić information content (AvgIpc) is 2.91. The fourth-order valence-corrected chi connectivity index (χ4v) is 3.44. The van der Waals surface area contributed by atoms with Crippen molar-refractivity contribution in [1.29, 1.82) is 0 Å². The molecule has 6 nitrogen and oxygen atoms in total. The first-order chi connectivity index (χ1) is 9.00. The van der Waals surface area contributed by atoms with Gasteiger partial charge in [0.2, 0.25) is 10.0 Å². The number of carboxylic acid groups (broad SMARTS) is 1. The lowest BCUT2D eigenvalue weighted by Gasteiger charge is -2.15. The van der Waals surface area contributed by atoms with E-state index in [9.17, 15) is 18.3 Å². The molecule has 1 aliphatic heterocycles. The molecule has 0 unspecified atom stereocenters. The van der Waals surface area contributed by atoms with Crippen molar-refractivity contribution in [3.8, 4) is 5.75 Å². The largest absolute Gasteiger partial charge is 0.546 e. The van der Waals surface area contributed by atoms with Crippen molar-refractivity contribution >= 4 is 16.0 Å². The van der Waals surface area contributed by atoms with Gasteiger partial charge in [0.1, 0.15) is 12.4 Å². The van der Waals surface area contributed by atoms with Crippen LogP contribution in [0.5, 0.6) is 5.75 Å². The molecule has 0 spiro atoms. The Hall–Kier alpha value is -1.60. The number of hydrogen-bond acceptors (Lipinski definition) is 5. The predicted molar refractivity (Wildman–Crippen MR) is 64.9 cm³/mol. The molecule has 1 fully saturated rings. The fourth-order valence-electron chi connectivity index (χ4n) is 1.93. The molecule has 0 aliphatic carbocycles. The monoisotopic (exact) mass is 284 g/mol. The van der Waals surface area contributed by atoms with Crippen LogP contribution in [0.25, 0.3) is 0 Å². The van der Waals surface area contributed by atoms with Gasteiger partial charge < -0.3 is 14.6 Å². The standard InChI is InChI=1S/C12H15NO5S/c14-12(15)9-18-10-3-5-11(6-4-10)19(16,17)13-7-1-2-8-13/h3-6H,1-2,7-9H2,(H,14,15)/p-1. The molecule has 19 heavy (non-hydrogen) atoms. The van der Waals surface area contributed by atoms with E-state index in [0.717, 1.165) is 12.8 Å². The van der Waals surface area contributed by atoms with Gasteiger partial charge in [-0.05, 0) is 37.1 Å². The molecule has 0 N–H and O–H groups in total. The maximum atomic E-state index is 12.2. The van der Waals surface area contributed by atoms with Crippen molar-refractivity contribution in [2.75, 3.05) is 19.7 Å². The van der Waals surface area contributed by atoms with Crippen LogP contribution in [0.15, 0.2) is 29.2 Å². The summed E-state index contributed by atoms with van der Waals surface area (Å²) < 4.78 is 30.7. The minimum Gasteiger partial charge on any atom is -0.546 e. The lowest BCUT2D eigenvalue weighted by Crippen LogP contribution is -2.29. The number of carbonyl (C=O) groups is 1. The summed E-state index contributed by atoms with van der Waals surface area (Å²) in [4.78, 5) is 10.4. The summed E-state index contributed by atoms with van der Waals surface area (Å²) in [7, 11) is -3.44. The molecule has 1 heterocycles. The van der Waals surface area contributed by atoms with Gasteiger partial charge in [0.15, 0.2) is 0 Å². The van der Waals surface area contributed by atoms with Crippen LogP contribution in [-0.2, 0) is 14.8 Å². The highest BCUT2D eigenvalue weighted by Gasteiger charge is 2.26. The summed E-state index contributed by atoms with van der Waals surface area (Å²) in [5.41, 5.74) is 0. The van der Waals surface area contributed by atoms with Crippen molar-refractivity contribution in [2.45, 2.75) is 17.7 Å². The summed E-state index contributed by atoms with van der Waals surface area (Å²) in [5, 5.41) is 10.2. The highest BCUT2D eigenvalue weighted by molar-refractivity contribution is 7.89. The third kappa shape index (κ3) is 3.24. The molecule has 1 aromatic rings. The number of nitrogens with zero attached hydrogens (tertiary/aromatic N) is 1. The predicted octanol–water partition coefficient (Wildman–Crippen LogP) is -0.400. The smallest absolute Gasteiger partial charge is 0.243 e. The van der Waals surface area contributed by atoms with E-state index in [0.29, 0.717) is 18.8 Å². The Bertz CT molecular complexity index is 546. The number of rotatable bonds is 5. The van der Waals surface area contributed by atoms with Crippen molar-refractivity contribution in [3.05, 3.63) is 24.3 Å². The van der Waals surface area contributed by atoms with Crippen LogP contribution in [0, 0.1) is 0 Å². The second-order valence-electron chi connectivity index (χ2n) is 4.24. The summed E-state index contributed by atoms with van der Waals surface area (Å²) >= 11 is 0. The van der Waals surface area contributed by atoms with Crippen LogP contribution in [0.1, 0.15) is 12.8 Å². The second kappa shape index (κ2) is 5.58. The molecule has 0 bridgehead atoms. The SMILES string of the molecule is O=C([O-])COc1ccc(S(=O)(=O)N2CCCC2)cc1. The zero-order valence-electron chi connectivity index (χ0n) is 10.2. The van der Waals surface area contributed by atoms with E-state index in [1.165, 1.54) is 28.6 Å². The first-order valence-electron chi connectivity index (χ1n) is 5.93. The highest BCUT2D eigenvalue weighted by Crippen LogP contribution is 2.22. The van der Waals surface area contributed by atoms with Crippen LogP contribution < -0.4 is 9.84 Å². The number of benzene rings is 1. The normalized spacial score (nSPS) is 16.4. The van der Waals surface area contributed by atoms with Crippen LogP contribution in [0.3, 0.4) is 0 Å². The average molecular weight is 284 g/mol. The van der Waals surface area contributed by atoms with Gasteiger partial charge in [-0.15, -0.1) is 0 Å². The van der Waals surface area contributed by atoms with Gasteiger partial charge in [-0.1, -0.05) is 0 Å². The number of hydrogen-bond donors (Lipinski definition) is 0. The molecule has 1 saturated heterocycles. The Morgan fingerprint density at radius 1 is 1.21 bits per heavy atom. The molecular formula is C12H14NO5S-. The first kappa shape index (κ1) is 13.8. The minimum atomic E-state index is -3.44. The Balaban J connectivity index is 2.11. The van der Waals surface area contributed by atoms with Gasteiger partial charge in [-0.25, -0.2) is 8.42 Å². The Morgan fingerprint density at radius 3 is 2.32 bits per heavy atom. The first-order valence-corrected chi connectivity index (χ1v) is 7.37. The number of ether oxygens (including phenoxy) is 1. The summed E-state index contributed by atoms with van der Waals surface area (Å²) in [6.45, 7) is 0.536. The van der Waals surface area contributed by atoms with Gasteiger partial charge in [-0.2, -0.15) is 4.31 Å². The molecule has 1 aromatic carbocycles. The van der Waals surface area contributed by atoms with E-state index in [-0.39, 0.29) is 4.90 Å². The third-order valence-corrected chi connectivity index (χ3v) is 4.80. The molecule has 2 rings (SSSR count). The van der Waals surface area contributed by atoms with Crippen LogP contribution >= 0.6 is 0 Å². The molecule has 0 radical (unpaired) electrons. The van der Waals surface area contributed by atoms with E-state index < -0.39 is 22.6 Å². The number of carboxylic acids is 1. The molecular weight excluding hydrogens is 270 g/mol. The van der Waals surface area contributed by atoms with E-state index >= 15 is 0 Å². The quantitative estimate of drug-likeness (QED) is 0.734. The van der Waals surface area contributed by atoms with E-state index in [1.807, 2.05) is 0 Å². The second-order valence-corrected chi connectivity index (χ2v) is 6.18. The van der Waals surface area contributed by atoms with E-state index in [1.54, 1.807) is 0 Å². The van der Waals surface area contributed by atoms with Gasteiger partial charge in [-0.3, -0.25) is 0 Å². The Kier molecular flexibility index (Phi) is 4.06. The van der Waals surface area contributed by atoms with Crippen LogP contribution in [-0.4, -0.2) is 38.4 Å². The summed E-state index contributed by atoms with van der Waals surface area (Å²) in [5.74, 6) is -1.03. The fraction of sp³-hybridized carbons (Fsp3) is 0.417. The summed E-state index contributed by atoms with van der Waals surface area (Å²) in [6.07, 6.45) is 1.76. The van der Waals surface area contributed by atoms with Crippen LogP contribution in [0.4, 0.5) is 0 Å². The van der Waals surface area contributed by atoms with Crippen molar-refractivity contribution in [2.24, 2.45) is 0 Å². The van der Waals surface area contributed by atoms with Gasteiger partial charge in [0.25, 0.3) is 0 Å². The lowest BCUT2D eigenvalue weighted by molar-refractivity contribution is -0.307. The zero-order valence-corrected chi connectivity index (χ0v) is 11.1. The molecule has 104 valence electrons. The van der Waals surface area contributed by atoms with E-state index in [4.69, 9.17) is 4.74 Å². The van der Waals surface area contributed by atoms with Crippen molar-refractivity contribution in [3.63, 3.8) is 0 Å². The topological polar surface area (TPSA) is 86.7 Å². The van der Waals surface area contributed by atoms with Gasteiger partial charge in [0, 0.05) is 13.1 Å². The third-order valence-electron chi connectivity index (χ3n) is 2.88. The van der Waals surface area contributed by atoms with E-state index in [2.05, 4.69) is 0 Å². The van der Waals surface area contributed by atoms with Crippen molar-refractivity contribution < 1.29 is 23.1 Å². The molecule has 0 saturated carbocycles. The summed E-state index contributed by atoms with van der Waals surface area (Å²) in [6, 6.07) is 5.70. The van der Waals surface area contributed by atoms with Gasteiger partial charge >= 0.3 is 0 Å². The molecule has 0 atom stereocenters.